The van der Waals surface area contributed by atoms with Crippen LogP contribution in [-0.4, -0.2) is 34.9 Å². The van der Waals surface area contributed by atoms with Crippen LogP contribution < -0.4 is 21.3 Å². The molecule has 0 spiro atoms. The number of amides is 1. The molecule has 4 atom stereocenters. The average Bonchev–Trinajstić information content (AvgIpc) is 3.15. The van der Waals surface area contributed by atoms with Gasteiger partial charge in [-0.3, -0.25) is 14.9 Å². The van der Waals surface area contributed by atoms with Gasteiger partial charge in [-0.2, -0.15) is 10.4 Å². The summed E-state index contributed by atoms with van der Waals surface area (Å²) in [4.78, 5) is 12.3. The van der Waals surface area contributed by atoms with Crippen LogP contribution >= 0.6 is 0 Å². The van der Waals surface area contributed by atoms with Crippen molar-refractivity contribution in [3.63, 3.8) is 0 Å². The van der Waals surface area contributed by atoms with E-state index in [9.17, 15) is 10.1 Å². The highest BCUT2D eigenvalue weighted by molar-refractivity contribution is 5.79. The average molecular weight is 409 g/mol. The third-order valence-corrected chi connectivity index (χ3v) is 6.49. The lowest BCUT2D eigenvalue weighted by molar-refractivity contribution is -0.133. The molecule has 2 aromatic rings. The van der Waals surface area contributed by atoms with E-state index >= 15 is 0 Å². The van der Waals surface area contributed by atoms with Crippen molar-refractivity contribution in [1.29, 1.82) is 5.26 Å². The van der Waals surface area contributed by atoms with Crippen LogP contribution in [0.5, 0.6) is 5.75 Å². The van der Waals surface area contributed by atoms with E-state index < -0.39 is 0 Å². The summed E-state index contributed by atoms with van der Waals surface area (Å²) in [6.45, 7) is 2.88. The third kappa shape index (κ3) is 3.44. The first-order valence-corrected chi connectivity index (χ1v) is 10.5. The van der Waals surface area contributed by atoms with E-state index in [1.165, 1.54) is 0 Å². The molecule has 1 amide bonds. The van der Waals surface area contributed by atoms with Crippen LogP contribution in [0.15, 0.2) is 24.4 Å². The summed E-state index contributed by atoms with van der Waals surface area (Å²) in [5.41, 5.74) is 15.2. The maximum Gasteiger partial charge on any atom is 0.237 e. The monoisotopic (exact) mass is 408 g/mol. The smallest absolute Gasteiger partial charge is 0.237 e. The number of nitrogens with two attached hydrogens (primary N) is 1. The molecule has 4 unspecified atom stereocenters. The largest absolute Gasteiger partial charge is 0.492 e. The molecule has 1 aromatic heterocycles. The lowest BCUT2D eigenvalue weighted by Gasteiger charge is -2.43. The highest BCUT2D eigenvalue weighted by Crippen LogP contribution is 2.45. The standard InChI is InChI=1S/C22H28N6O2/c1-3-30-20-6-4-5-14(17(20)10-23)21-18(12-25-28(21)2)13-7-8-15-16(9-13)19(11-24)26-27-22(15)29/h4-6,12-13,15-16,19,26H,3,7-9,11,24H2,1-2H3,(H,27,29). The lowest BCUT2D eigenvalue weighted by Crippen LogP contribution is -2.62. The number of ether oxygens (including phenoxy) is 1. The number of hydrazine groups is 1. The predicted molar refractivity (Wildman–Crippen MR) is 112 cm³/mol. The molecule has 4 N–H and O–H groups in total. The number of carbonyl (C=O) groups is 1. The normalized spacial score (nSPS) is 25.9. The fraction of sp³-hybridized carbons (Fsp3) is 0.500. The first-order chi connectivity index (χ1) is 14.6. The number of carbonyl (C=O) groups excluding carboxylic acids is 1. The minimum Gasteiger partial charge on any atom is -0.492 e. The van der Waals surface area contributed by atoms with Crippen molar-refractivity contribution in [2.45, 2.75) is 38.1 Å². The second kappa shape index (κ2) is 8.46. The molecule has 0 radical (unpaired) electrons. The number of hydrogen-bond donors (Lipinski definition) is 3. The Balaban J connectivity index is 1.71. The number of benzene rings is 1. The zero-order chi connectivity index (χ0) is 21.3. The van der Waals surface area contributed by atoms with Crippen LogP contribution in [-0.2, 0) is 11.8 Å². The Bertz CT molecular complexity index is 978. The molecule has 1 aliphatic heterocycles. The number of fused-ring (bicyclic) bond motifs is 1. The first kappa shape index (κ1) is 20.4. The summed E-state index contributed by atoms with van der Waals surface area (Å²) in [5, 5.41) is 14.4. The van der Waals surface area contributed by atoms with E-state index in [1.54, 1.807) is 0 Å². The molecule has 1 saturated carbocycles. The zero-order valence-corrected chi connectivity index (χ0v) is 17.4. The Labute approximate surface area is 176 Å². The van der Waals surface area contributed by atoms with Gasteiger partial charge in [-0.1, -0.05) is 12.1 Å². The summed E-state index contributed by atoms with van der Waals surface area (Å²) >= 11 is 0. The fourth-order valence-electron chi connectivity index (χ4n) is 5.06. The SMILES string of the molecule is CCOc1cccc(-c2c(C3CCC4C(=O)NNC(CN)C4C3)cnn2C)c1C#N. The van der Waals surface area contributed by atoms with Crippen molar-refractivity contribution in [1.82, 2.24) is 20.6 Å². The van der Waals surface area contributed by atoms with E-state index in [1.807, 2.05) is 43.0 Å². The van der Waals surface area contributed by atoms with Gasteiger partial charge in [0.05, 0.1) is 18.5 Å². The molecule has 8 nitrogen and oxygen atoms in total. The van der Waals surface area contributed by atoms with Gasteiger partial charge in [0.1, 0.15) is 17.4 Å². The number of nitrogens with one attached hydrogen (secondary N) is 2. The Hall–Kier alpha value is -2.89. The fourth-order valence-corrected chi connectivity index (χ4v) is 5.06. The van der Waals surface area contributed by atoms with E-state index in [0.717, 1.165) is 36.1 Å². The van der Waals surface area contributed by atoms with Crippen LogP contribution in [0.25, 0.3) is 11.3 Å². The summed E-state index contributed by atoms with van der Waals surface area (Å²) in [6.07, 6.45) is 4.48. The molecule has 1 saturated heterocycles. The minimum atomic E-state index is -0.00729. The summed E-state index contributed by atoms with van der Waals surface area (Å²) < 4.78 is 7.52. The number of aromatic nitrogens is 2. The molecule has 2 heterocycles. The quantitative estimate of drug-likeness (QED) is 0.695. The van der Waals surface area contributed by atoms with E-state index in [-0.39, 0.29) is 29.7 Å². The summed E-state index contributed by atoms with van der Waals surface area (Å²) in [5.74, 6) is 1.07. The number of aryl methyl sites for hydroxylation is 1. The maximum atomic E-state index is 12.3. The van der Waals surface area contributed by atoms with E-state index in [4.69, 9.17) is 10.5 Å². The number of nitriles is 1. The molecular weight excluding hydrogens is 380 g/mol. The summed E-state index contributed by atoms with van der Waals surface area (Å²) in [6, 6.07) is 8.06. The third-order valence-electron chi connectivity index (χ3n) is 6.49. The number of hydrogen-bond acceptors (Lipinski definition) is 6. The van der Waals surface area contributed by atoms with Gasteiger partial charge >= 0.3 is 0 Å². The van der Waals surface area contributed by atoms with Gasteiger partial charge < -0.3 is 10.5 Å². The number of rotatable bonds is 5. The highest BCUT2D eigenvalue weighted by atomic mass is 16.5. The summed E-state index contributed by atoms with van der Waals surface area (Å²) in [7, 11) is 1.90. The molecule has 2 aliphatic rings. The van der Waals surface area contributed by atoms with E-state index in [2.05, 4.69) is 22.0 Å². The molecule has 8 heteroatoms. The van der Waals surface area contributed by atoms with Gasteiger partial charge in [0, 0.05) is 36.7 Å². The van der Waals surface area contributed by atoms with Crippen molar-refractivity contribution in [2.24, 2.45) is 24.6 Å². The van der Waals surface area contributed by atoms with Crippen LogP contribution in [0.2, 0.25) is 0 Å². The van der Waals surface area contributed by atoms with Crippen molar-refractivity contribution in [3.05, 3.63) is 35.5 Å². The van der Waals surface area contributed by atoms with Crippen LogP contribution in [0.4, 0.5) is 0 Å². The number of nitrogens with zero attached hydrogens (tertiary/aromatic N) is 3. The molecule has 2 fully saturated rings. The highest BCUT2D eigenvalue weighted by Gasteiger charge is 2.43. The lowest BCUT2D eigenvalue weighted by atomic mass is 9.68. The van der Waals surface area contributed by atoms with Crippen molar-refractivity contribution in [3.8, 4) is 23.1 Å². The van der Waals surface area contributed by atoms with Crippen LogP contribution in [0, 0.1) is 23.2 Å². The van der Waals surface area contributed by atoms with Crippen LogP contribution in [0.1, 0.15) is 43.2 Å². The Kier molecular flexibility index (Phi) is 5.75. The van der Waals surface area contributed by atoms with Gasteiger partial charge in [-0.15, -0.1) is 0 Å². The molecule has 0 bridgehead atoms. The van der Waals surface area contributed by atoms with Gasteiger partial charge in [0.25, 0.3) is 0 Å². The van der Waals surface area contributed by atoms with Gasteiger partial charge in [-0.25, -0.2) is 5.43 Å². The van der Waals surface area contributed by atoms with Gasteiger partial charge in [-0.05, 0) is 44.1 Å². The zero-order valence-electron chi connectivity index (χ0n) is 17.4. The Morgan fingerprint density at radius 1 is 1.40 bits per heavy atom. The van der Waals surface area contributed by atoms with Gasteiger partial charge in [0.2, 0.25) is 5.91 Å². The predicted octanol–water partition coefficient (Wildman–Crippen LogP) is 1.82. The Morgan fingerprint density at radius 2 is 2.23 bits per heavy atom. The maximum absolute atomic E-state index is 12.3. The molecule has 1 aromatic carbocycles. The van der Waals surface area contributed by atoms with Crippen molar-refractivity contribution in [2.75, 3.05) is 13.2 Å². The molecular formula is C22H28N6O2. The Morgan fingerprint density at radius 3 is 2.97 bits per heavy atom. The second-order valence-electron chi connectivity index (χ2n) is 8.05. The molecule has 30 heavy (non-hydrogen) atoms. The topological polar surface area (TPSA) is 118 Å². The van der Waals surface area contributed by atoms with Crippen molar-refractivity contribution >= 4 is 5.91 Å². The molecule has 158 valence electrons. The second-order valence-corrected chi connectivity index (χ2v) is 8.05. The minimum absolute atomic E-state index is 0.00729. The molecule has 1 aliphatic carbocycles. The molecule has 4 rings (SSSR count). The van der Waals surface area contributed by atoms with Gasteiger partial charge in [0.15, 0.2) is 0 Å². The van der Waals surface area contributed by atoms with E-state index in [0.29, 0.717) is 24.5 Å². The first-order valence-electron chi connectivity index (χ1n) is 10.5. The van der Waals surface area contributed by atoms with Crippen LogP contribution in [0.3, 0.4) is 0 Å². The van der Waals surface area contributed by atoms with Crippen molar-refractivity contribution < 1.29 is 9.53 Å².